The van der Waals surface area contributed by atoms with Gasteiger partial charge in [0.15, 0.2) is 0 Å². The third kappa shape index (κ3) is 1.76. The van der Waals surface area contributed by atoms with E-state index < -0.39 is 17.3 Å². The zero-order chi connectivity index (χ0) is 10.9. The van der Waals surface area contributed by atoms with Crippen molar-refractivity contribution < 1.29 is 13.2 Å². The van der Waals surface area contributed by atoms with E-state index in [4.69, 9.17) is 11.0 Å². The predicted octanol–water partition coefficient (Wildman–Crippen LogP) is 1.86. The Morgan fingerprint density at radius 1 is 1.50 bits per heavy atom. The van der Waals surface area contributed by atoms with Crippen LogP contribution in [0.5, 0.6) is 0 Å². The molecule has 0 bridgehead atoms. The molecular formula is C8H6F3N3. The van der Waals surface area contributed by atoms with Gasteiger partial charge in [-0.25, -0.2) is 4.98 Å². The summed E-state index contributed by atoms with van der Waals surface area (Å²) in [5.41, 5.74) is 3.42. The van der Waals surface area contributed by atoms with Crippen molar-refractivity contribution in [3.05, 3.63) is 22.9 Å². The maximum absolute atomic E-state index is 12.4. The Morgan fingerprint density at radius 3 is 2.50 bits per heavy atom. The number of aryl methyl sites for hydroxylation is 1. The first-order chi connectivity index (χ1) is 6.36. The number of rotatable bonds is 0. The van der Waals surface area contributed by atoms with Gasteiger partial charge in [0.1, 0.15) is 5.82 Å². The molecule has 0 aliphatic carbocycles. The molecule has 0 aliphatic heterocycles. The number of alkyl halides is 3. The van der Waals surface area contributed by atoms with Gasteiger partial charge in [0, 0.05) is 0 Å². The molecule has 1 aromatic heterocycles. The summed E-state index contributed by atoms with van der Waals surface area (Å²) in [6.45, 7) is 1.17. The topological polar surface area (TPSA) is 62.7 Å². The van der Waals surface area contributed by atoms with Crippen molar-refractivity contribution in [1.29, 1.82) is 5.26 Å². The van der Waals surface area contributed by atoms with Gasteiger partial charge < -0.3 is 5.73 Å². The van der Waals surface area contributed by atoms with Gasteiger partial charge in [-0.15, -0.1) is 0 Å². The molecule has 1 rings (SSSR count). The summed E-state index contributed by atoms with van der Waals surface area (Å²) in [6, 6.07) is 2.36. The normalized spacial score (nSPS) is 11.1. The lowest BCUT2D eigenvalue weighted by molar-refractivity contribution is -0.138. The van der Waals surface area contributed by atoms with Crippen molar-refractivity contribution in [3.63, 3.8) is 0 Å². The predicted molar refractivity (Wildman–Crippen MR) is 43.1 cm³/mol. The minimum absolute atomic E-state index is 0.0907. The fourth-order valence-corrected chi connectivity index (χ4v) is 1.14. The Bertz CT molecular complexity index is 404. The highest BCUT2D eigenvalue weighted by molar-refractivity contribution is 5.48. The molecule has 0 amide bonds. The van der Waals surface area contributed by atoms with Crippen LogP contribution in [0.1, 0.15) is 16.8 Å². The molecule has 3 nitrogen and oxygen atoms in total. The molecule has 0 saturated heterocycles. The minimum Gasteiger partial charge on any atom is -0.384 e. The minimum atomic E-state index is -4.57. The lowest BCUT2D eigenvalue weighted by atomic mass is 10.1. The summed E-state index contributed by atoms with van der Waals surface area (Å²) in [6.07, 6.45) is -4.57. The second-order valence-corrected chi connectivity index (χ2v) is 2.66. The molecule has 0 aromatic carbocycles. The molecule has 14 heavy (non-hydrogen) atoms. The highest BCUT2D eigenvalue weighted by atomic mass is 19.4. The van der Waals surface area contributed by atoms with Gasteiger partial charge in [0.05, 0.1) is 22.9 Å². The Labute approximate surface area is 78.0 Å². The molecule has 0 aliphatic rings. The number of aromatic nitrogens is 1. The Kier molecular flexibility index (Phi) is 2.34. The van der Waals surface area contributed by atoms with Crippen molar-refractivity contribution in [2.75, 3.05) is 5.73 Å². The standard InChI is InChI=1S/C8H6F3N3/c1-4-7(8(9,10)11)5(3-12)2-6(13)14-4/h2H,1H3,(H2,13,14). The van der Waals surface area contributed by atoms with Crippen LogP contribution in [0.3, 0.4) is 0 Å². The average molecular weight is 201 g/mol. The molecule has 6 heteroatoms. The van der Waals surface area contributed by atoms with Crippen LogP contribution in [0.15, 0.2) is 6.07 Å². The third-order valence-corrected chi connectivity index (χ3v) is 1.62. The molecule has 0 saturated carbocycles. The van der Waals surface area contributed by atoms with Crippen LogP contribution in [0.25, 0.3) is 0 Å². The van der Waals surface area contributed by atoms with Gasteiger partial charge in [-0.05, 0) is 13.0 Å². The molecule has 0 atom stereocenters. The van der Waals surface area contributed by atoms with Gasteiger partial charge in [0.2, 0.25) is 0 Å². The molecule has 0 fully saturated rings. The third-order valence-electron chi connectivity index (χ3n) is 1.62. The van der Waals surface area contributed by atoms with Crippen molar-refractivity contribution in [2.45, 2.75) is 13.1 Å². The zero-order valence-corrected chi connectivity index (χ0v) is 7.18. The number of anilines is 1. The van der Waals surface area contributed by atoms with Crippen LogP contribution >= 0.6 is 0 Å². The van der Waals surface area contributed by atoms with E-state index in [-0.39, 0.29) is 11.5 Å². The van der Waals surface area contributed by atoms with Gasteiger partial charge in [-0.2, -0.15) is 18.4 Å². The Balaban J connectivity index is 3.51. The molecule has 0 unspecified atom stereocenters. The summed E-state index contributed by atoms with van der Waals surface area (Å²) < 4.78 is 37.2. The second kappa shape index (κ2) is 3.18. The van der Waals surface area contributed by atoms with Crippen LogP contribution in [0.4, 0.5) is 19.0 Å². The van der Waals surface area contributed by atoms with Crippen molar-refractivity contribution >= 4 is 5.82 Å². The van der Waals surface area contributed by atoms with Crippen LogP contribution in [0.2, 0.25) is 0 Å². The van der Waals surface area contributed by atoms with Crippen molar-refractivity contribution in [2.24, 2.45) is 0 Å². The van der Waals surface area contributed by atoms with E-state index in [1.807, 2.05) is 0 Å². The molecule has 0 radical (unpaired) electrons. The number of halogens is 3. The number of nitrogens with two attached hydrogens (primary N) is 1. The van der Waals surface area contributed by atoms with E-state index >= 15 is 0 Å². The molecule has 0 spiro atoms. The number of nitrogen functional groups attached to an aromatic ring is 1. The van der Waals surface area contributed by atoms with Gasteiger partial charge in [-0.1, -0.05) is 0 Å². The van der Waals surface area contributed by atoms with E-state index in [0.717, 1.165) is 6.07 Å². The SMILES string of the molecule is Cc1nc(N)cc(C#N)c1C(F)(F)F. The van der Waals surface area contributed by atoms with Gasteiger partial charge in [0.25, 0.3) is 0 Å². The van der Waals surface area contributed by atoms with Crippen LogP contribution in [0, 0.1) is 18.3 Å². The summed E-state index contributed by atoms with van der Waals surface area (Å²) in [5.74, 6) is -0.0907. The van der Waals surface area contributed by atoms with E-state index in [1.165, 1.54) is 13.0 Å². The summed E-state index contributed by atoms with van der Waals surface area (Å²) in [5, 5.41) is 8.50. The summed E-state index contributed by atoms with van der Waals surface area (Å²) >= 11 is 0. The van der Waals surface area contributed by atoms with Crippen LogP contribution in [-0.4, -0.2) is 4.98 Å². The van der Waals surface area contributed by atoms with Crippen LogP contribution in [-0.2, 0) is 6.18 Å². The van der Waals surface area contributed by atoms with E-state index in [2.05, 4.69) is 4.98 Å². The Morgan fingerprint density at radius 2 is 2.07 bits per heavy atom. The molecule has 2 N–H and O–H groups in total. The molecule has 74 valence electrons. The van der Waals surface area contributed by atoms with Crippen LogP contribution < -0.4 is 5.73 Å². The lowest BCUT2D eigenvalue weighted by Crippen LogP contribution is -2.12. The Hall–Kier alpha value is -1.77. The first-order valence-corrected chi connectivity index (χ1v) is 3.60. The number of nitriles is 1. The molecule has 1 aromatic rings. The smallest absolute Gasteiger partial charge is 0.384 e. The average Bonchev–Trinajstić information content (AvgIpc) is 1.99. The second-order valence-electron chi connectivity index (χ2n) is 2.66. The summed E-state index contributed by atoms with van der Waals surface area (Å²) in [7, 11) is 0. The zero-order valence-electron chi connectivity index (χ0n) is 7.18. The monoisotopic (exact) mass is 201 g/mol. The highest BCUT2D eigenvalue weighted by Gasteiger charge is 2.36. The van der Waals surface area contributed by atoms with Gasteiger partial charge in [-0.3, -0.25) is 0 Å². The number of pyridine rings is 1. The largest absolute Gasteiger partial charge is 0.419 e. The maximum Gasteiger partial charge on any atom is 0.419 e. The fourth-order valence-electron chi connectivity index (χ4n) is 1.14. The van der Waals surface area contributed by atoms with E-state index in [9.17, 15) is 13.2 Å². The first-order valence-electron chi connectivity index (χ1n) is 3.60. The number of hydrogen-bond acceptors (Lipinski definition) is 3. The fraction of sp³-hybridized carbons (Fsp3) is 0.250. The molecular weight excluding hydrogens is 195 g/mol. The van der Waals surface area contributed by atoms with E-state index in [0.29, 0.717) is 0 Å². The van der Waals surface area contributed by atoms with Gasteiger partial charge >= 0.3 is 6.18 Å². The quantitative estimate of drug-likeness (QED) is 0.696. The first kappa shape index (κ1) is 10.3. The molecule has 1 heterocycles. The maximum atomic E-state index is 12.4. The highest BCUT2D eigenvalue weighted by Crippen LogP contribution is 2.34. The summed E-state index contributed by atoms with van der Waals surface area (Å²) in [4.78, 5) is 3.46. The van der Waals surface area contributed by atoms with Crippen molar-refractivity contribution in [3.8, 4) is 6.07 Å². The number of nitrogens with zero attached hydrogens (tertiary/aromatic N) is 2. The lowest BCUT2D eigenvalue weighted by Gasteiger charge is -2.11. The number of hydrogen-bond donors (Lipinski definition) is 1. The van der Waals surface area contributed by atoms with E-state index in [1.54, 1.807) is 0 Å². The van der Waals surface area contributed by atoms with Crippen molar-refractivity contribution in [1.82, 2.24) is 4.98 Å².